The van der Waals surface area contributed by atoms with E-state index in [4.69, 9.17) is 4.74 Å². The van der Waals surface area contributed by atoms with E-state index in [2.05, 4.69) is 10.0 Å². The summed E-state index contributed by atoms with van der Waals surface area (Å²) in [5.41, 5.74) is 2.23. The zero-order valence-electron chi connectivity index (χ0n) is 23.5. The highest BCUT2D eigenvalue weighted by molar-refractivity contribution is 7.89. The predicted molar refractivity (Wildman–Crippen MR) is 150 cm³/mol. The fourth-order valence-electron chi connectivity index (χ4n) is 4.63. The number of anilines is 1. The number of hydrogen-bond donors (Lipinski definition) is 2. The molecule has 2 N–H and O–H groups in total. The maximum atomic E-state index is 13.3. The fraction of sp³-hybridized carbons (Fsp3) is 0.517. The summed E-state index contributed by atoms with van der Waals surface area (Å²) in [6.07, 6.45) is 1.04. The van der Waals surface area contributed by atoms with Crippen molar-refractivity contribution in [1.82, 2.24) is 9.62 Å². The Bertz CT molecular complexity index is 1260. The minimum Gasteiger partial charge on any atom is -0.444 e. The van der Waals surface area contributed by atoms with Crippen LogP contribution in [0.5, 0.6) is 0 Å². The Hall–Kier alpha value is -2.91. The van der Waals surface area contributed by atoms with Crippen molar-refractivity contribution in [3.8, 4) is 0 Å². The molecule has 1 aliphatic heterocycles. The van der Waals surface area contributed by atoms with Crippen molar-refractivity contribution in [3.05, 3.63) is 59.2 Å². The lowest BCUT2D eigenvalue weighted by atomic mass is 9.91. The molecule has 1 aliphatic rings. The summed E-state index contributed by atoms with van der Waals surface area (Å²) in [5, 5.41) is 2.95. The minimum atomic E-state index is -3.79. The summed E-state index contributed by atoms with van der Waals surface area (Å²) in [5.74, 6) is -0.141. The van der Waals surface area contributed by atoms with Gasteiger partial charge < -0.3 is 15.0 Å². The Morgan fingerprint density at radius 3 is 2.24 bits per heavy atom. The first-order valence-electron chi connectivity index (χ1n) is 13.2. The van der Waals surface area contributed by atoms with Gasteiger partial charge in [0.05, 0.1) is 4.90 Å². The number of benzene rings is 2. The van der Waals surface area contributed by atoms with Gasteiger partial charge in [0, 0.05) is 30.4 Å². The van der Waals surface area contributed by atoms with Crippen molar-refractivity contribution in [3.63, 3.8) is 0 Å². The average Bonchev–Trinajstić information content (AvgIpc) is 2.83. The van der Waals surface area contributed by atoms with Crippen LogP contribution < -0.4 is 10.0 Å². The number of ether oxygens (including phenoxy) is 1. The first-order chi connectivity index (χ1) is 17.7. The number of aryl methyl sites for hydroxylation is 1. The highest BCUT2D eigenvalue weighted by Crippen LogP contribution is 2.29. The smallest absolute Gasteiger partial charge is 0.410 e. The fourth-order valence-corrected chi connectivity index (χ4v) is 5.98. The molecule has 38 heavy (non-hydrogen) atoms. The average molecular weight is 544 g/mol. The third kappa shape index (κ3) is 7.57. The van der Waals surface area contributed by atoms with E-state index < -0.39 is 15.6 Å². The summed E-state index contributed by atoms with van der Waals surface area (Å²) >= 11 is 0. The van der Waals surface area contributed by atoms with Crippen molar-refractivity contribution in [2.24, 2.45) is 5.92 Å². The quantitative estimate of drug-likeness (QED) is 0.467. The number of hydrogen-bond acceptors (Lipinski definition) is 5. The minimum absolute atomic E-state index is 0.00748. The van der Waals surface area contributed by atoms with E-state index in [9.17, 15) is 18.0 Å². The Balaban J connectivity index is 1.69. The number of rotatable bonds is 7. The van der Waals surface area contributed by atoms with Gasteiger partial charge >= 0.3 is 6.09 Å². The summed E-state index contributed by atoms with van der Waals surface area (Å²) < 4.78 is 34.9. The summed E-state index contributed by atoms with van der Waals surface area (Å²) in [7, 11) is -3.79. The molecule has 2 aromatic carbocycles. The molecule has 208 valence electrons. The monoisotopic (exact) mass is 543 g/mol. The Kier molecular flexibility index (Phi) is 9.26. The molecular formula is C29H41N3O5S. The van der Waals surface area contributed by atoms with Crippen LogP contribution in [0.3, 0.4) is 0 Å². The van der Waals surface area contributed by atoms with E-state index in [0.717, 1.165) is 11.1 Å². The summed E-state index contributed by atoms with van der Waals surface area (Å²) in [6.45, 7) is 14.2. The highest BCUT2D eigenvalue weighted by atomic mass is 32.2. The first-order valence-corrected chi connectivity index (χ1v) is 14.7. The molecular weight excluding hydrogens is 502 g/mol. The van der Waals surface area contributed by atoms with E-state index in [-0.39, 0.29) is 34.8 Å². The van der Waals surface area contributed by atoms with Crippen LogP contribution in [0.1, 0.15) is 81.8 Å². The molecule has 0 aromatic heterocycles. The van der Waals surface area contributed by atoms with Gasteiger partial charge in [-0.05, 0) is 94.7 Å². The van der Waals surface area contributed by atoms with Gasteiger partial charge in [-0.25, -0.2) is 17.9 Å². The van der Waals surface area contributed by atoms with Gasteiger partial charge in [-0.3, -0.25) is 4.79 Å². The number of nitrogens with zero attached hydrogens (tertiary/aromatic N) is 1. The van der Waals surface area contributed by atoms with E-state index in [1.807, 2.05) is 66.7 Å². The summed E-state index contributed by atoms with van der Waals surface area (Å²) in [6, 6.07) is 11.9. The molecule has 8 nitrogen and oxygen atoms in total. The largest absolute Gasteiger partial charge is 0.444 e. The molecule has 0 radical (unpaired) electrons. The van der Waals surface area contributed by atoms with Crippen molar-refractivity contribution in [2.75, 3.05) is 18.4 Å². The molecule has 1 saturated heterocycles. The molecule has 2 amide bonds. The SMILES string of the molecule is Cc1ccccc1C(=O)Nc1ccc(S(=O)(=O)N[C@H](C)C2CCN(C(=O)OC(C)(C)C)CC2)cc1C(C)C. The number of likely N-dealkylation sites (tertiary alicyclic amines) is 1. The van der Waals surface area contributed by atoms with Crippen molar-refractivity contribution < 1.29 is 22.7 Å². The number of carbonyl (C=O) groups excluding carboxylic acids is 2. The third-order valence-electron chi connectivity index (χ3n) is 6.83. The standard InChI is InChI=1S/C29H41N3O5S/c1-19(2)25-18-23(12-13-26(25)30-27(33)24-11-9-8-10-20(24)3)38(35,36)31-21(4)22-14-16-32(17-15-22)28(34)37-29(5,6)7/h8-13,18-19,21-22,31H,14-17H2,1-7H3,(H,30,33)/t21-/m1/s1. The Labute approximate surface area is 227 Å². The Morgan fingerprint density at radius 2 is 1.66 bits per heavy atom. The van der Waals surface area contributed by atoms with Gasteiger partial charge in [-0.15, -0.1) is 0 Å². The van der Waals surface area contributed by atoms with Crippen molar-refractivity contribution >= 4 is 27.7 Å². The lowest BCUT2D eigenvalue weighted by Gasteiger charge is -2.35. The maximum absolute atomic E-state index is 13.3. The van der Waals surface area contributed by atoms with Gasteiger partial charge in [0.2, 0.25) is 10.0 Å². The van der Waals surface area contributed by atoms with Crippen LogP contribution in [0, 0.1) is 12.8 Å². The van der Waals surface area contributed by atoms with Gasteiger partial charge in [-0.1, -0.05) is 32.0 Å². The van der Waals surface area contributed by atoms with Gasteiger partial charge in [0.15, 0.2) is 0 Å². The molecule has 3 rings (SSSR count). The molecule has 0 saturated carbocycles. The lowest BCUT2D eigenvalue weighted by molar-refractivity contribution is 0.0174. The second kappa shape index (κ2) is 11.9. The van der Waals surface area contributed by atoms with Crippen LogP contribution in [0.25, 0.3) is 0 Å². The van der Waals surface area contributed by atoms with Crippen molar-refractivity contribution in [2.45, 2.75) is 83.8 Å². The number of carbonyl (C=O) groups is 2. The van der Waals surface area contributed by atoms with Gasteiger partial charge in [0.1, 0.15) is 5.60 Å². The van der Waals surface area contributed by atoms with Crippen LogP contribution in [0.2, 0.25) is 0 Å². The molecule has 0 aliphatic carbocycles. The molecule has 1 heterocycles. The molecule has 1 fully saturated rings. The number of amides is 2. The van der Waals surface area contributed by atoms with Gasteiger partial charge in [-0.2, -0.15) is 0 Å². The van der Waals surface area contributed by atoms with E-state index >= 15 is 0 Å². The number of nitrogens with one attached hydrogen (secondary N) is 2. The molecule has 0 bridgehead atoms. The third-order valence-corrected chi connectivity index (χ3v) is 8.39. The molecule has 0 unspecified atom stereocenters. The van der Waals surface area contributed by atoms with E-state index in [1.54, 1.807) is 23.1 Å². The van der Waals surface area contributed by atoms with E-state index in [1.165, 1.54) is 6.07 Å². The van der Waals surface area contributed by atoms with Crippen LogP contribution in [0.4, 0.5) is 10.5 Å². The molecule has 1 atom stereocenters. The van der Waals surface area contributed by atoms with Gasteiger partial charge in [0.25, 0.3) is 5.91 Å². The number of piperidine rings is 1. The Morgan fingerprint density at radius 1 is 1.03 bits per heavy atom. The molecule has 9 heteroatoms. The second-order valence-corrected chi connectivity index (χ2v) is 13.1. The maximum Gasteiger partial charge on any atom is 0.410 e. The lowest BCUT2D eigenvalue weighted by Crippen LogP contribution is -2.46. The first kappa shape index (κ1) is 29.6. The van der Waals surface area contributed by atoms with Crippen LogP contribution >= 0.6 is 0 Å². The highest BCUT2D eigenvalue weighted by Gasteiger charge is 2.31. The van der Waals surface area contributed by atoms with E-state index in [0.29, 0.717) is 37.2 Å². The molecule has 0 spiro atoms. The topological polar surface area (TPSA) is 105 Å². The zero-order chi connectivity index (χ0) is 28.3. The summed E-state index contributed by atoms with van der Waals surface area (Å²) in [4.78, 5) is 27.1. The van der Waals surface area contributed by atoms with Crippen LogP contribution in [0.15, 0.2) is 47.4 Å². The van der Waals surface area contributed by atoms with Crippen molar-refractivity contribution in [1.29, 1.82) is 0 Å². The normalized spacial score (nSPS) is 15.8. The van der Waals surface area contributed by atoms with Crippen LogP contribution in [-0.2, 0) is 14.8 Å². The predicted octanol–water partition coefficient (Wildman–Crippen LogP) is 5.68. The number of sulfonamides is 1. The zero-order valence-corrected chi connectivity index (χ0v) is 24.3. The molecule has 2 aromatic rings. The van der Waals surface area contributed by atoms with Crippen LogP contribution in [-0.4, -0.2) is 50.1 Å². The second-order valence-electron chi connectivity index (χ2n) is 11.4.